The molecule has 0 aromatic rings. The number of nitrogens with one attached hydrogen (secondary N) is 3. The second-order valence-electron chi connectivity index (χ2n) is 4.64. The van der Waals surface area contributed by atoms with Crippen LogP contribution in [0.4, 0.5) is 4.79 Å². The molecule has 0 aromatic carbocycles. The van der Waals surface area contributed by atoms with E-state index in [1.807, 2.05) is 0 Å². The summed E-state index contributed by atoms with van der Waals surface area (Å²) in [6, 6.07) is -1.04. The fraction of sp³-hybridized carbons (Fsp3) is 0.750. The molecule has 0 aliphatic heterocycles. The largest absolute Gasteiger partial charge is 0.480 e. The maximum absolute atomic E-state index is 11.4. The second kappa shape index (κ2) is 7.60. The van der Waals surface area contributed by atoms with Crippen molar-refractivity contribution in [3.05, 3.63) is 0 Å². The quantitative estimate of drug-likeness (QED) is 0.473. The molecule has 1 saturated carbocycles. The summed E-state index contributed by atoms with van der Waals surface area (Å²) in [6.45, 7) is 2.03. The molecule has 0 radical (unpaired) electrons. The van der Waals surface area contributed by atoms with Crippen molar-refractivity contribution in [1.82, 2.24) is 16.0 Å². The molecule has 19 heavy (non-hydrogen) atoms. The summed E-state index contributed by atoms with van der Waals surface area (Å²) < 4.78 is 0. The Bertz CT molecular complexity index is 342. The Morgan fingerprint density at radius 3 is 2.53 bits per heavy atom. The van der Waals surface area contributed by atoms with Crippen LogP contribution in [-0.2, 0) is 9.59 Å². The van der Waals surface area contributed by atoms with Crippen molar-refractivity contribution >= 4 is 17.9 Å². The van der Waals surface area contributed by atoms with Gasteiger partial charge in [-0.2, -0.15) is 0 Å². The van der Waals surface area contributed by atoms with E-state index in [0.29, 0.717) is 31.8 Å². The van der Waals surface area contributed by atoms with Crippen LogP contribution in [0.25, 0.3) is 0 Å². The van der Waals surface area contributed by atoms with Gasteiger partial charge in [0.25, 0.3) is 0 Å². The zero-order valence-corrected chi connectivity index (χ0v) is 11.1. The number of hydrogen-bond donors (Lipinski definition) is 4. The van der Waals surface area contributed by atoms with Crippen LogP contribution in [-0.4, -0.2) is 41.6 Å². The van der Waals surface area contributed by atoms with Gasteiger partial charge in [0.2, 0.25) is 5.91 Å². The minimum Gasteiger partial charge on any atom is -0.480 e. The van der Waals surface area contributed by atoms with E-state index in [9.17, 15) is 14.4 Å². The first-order valence-corrected chi connectivity index (χ1v) is 6.59. The lowest BCUT2D eigenvalue weighted by Gasteiger charge is -2.13. The smallest absolute Gasteiger partial charge is 0.326 e. The summed E-state index contributed by atoms with van der Waals surface area (Å²) in [5.74, 6) is -1.05. The lowest BCUT2D eigenvalue weighted by atomic mass is 10.2. The van der Waals surface area contributed by atoms with Gasteiger partial charge in [0.15, 0.2) is 0 Å². The lowest BCUT2D eigenvalue weighted by Crippen LogP contribution is -2.46. The number of carboxylic acid groups (broad SMARTS) is 1. The average molecular weight is 271 g/mol. The molecule has 1 atom stereocenters. The number of carbonyl (C=O) groups is 3. The topological polar surface area (TPSA) is 108 Å². The normalized spacial score (nSPS) is 15.4. The van der Waals surface area contributed by atoms with Crippen LogP contribution in [0.1, 0.15) is 39.0 Å². The van der Waals surface area contributed by atoms with Crippen LogP contribution in [0.3, 0.4) is 0 Å². The van der Waals surface area contributed by atoms with Gasteiger partial charge >= 0.3 is 12.0 Å². The molecule has 0 aromatic heterocycles. The summed E-state index contributed by atoms with van der Waals surface area (Å²) in [5.41, 5.74) is 0. The van der Waals surface area contributed by atoms with Gasteiger partial charge in [0.05, 0.1) is 0 Å². The van der Waals surface area contributed by atoms with Gasteiger partial charge in [0, 0.05) is 19.0 Å². The molecule has 0 spiro atoms. The Morgan fingerprint density at radius 1 is 1.32 bits per heavy atom. The minimum atomic E-state index is -1.05. The molecule has 0 unspecified atom stereocenters. The highest BCUT2D eigenvalue weighted by Crippen LogP contribution is 2.18. The van der Waals surface area contributed by atoms with Crippen LogP contribution in [0.2, 0.25) is 0 Å². The van der Waals surface area contributed by atoms with Crippen LogP contribution >= 0.6 is 0 Å². The Kier molecular flexibility index (Phi) is 6.11. The molecule has 7 nitrogen and oxygen atoms in total. The van der Waals surface area contributed by atoms with Crippen molar-refractivity contribution < 1.29 is 19.5 Å². The van der Waals surface area contributed by atoms with Gasteiger partial charge in [-0.05, 0) is 25.7 Å². The van der Waals surface area contributed by atoms with E-state index in [1.165, 1.54) is 0 Å². The number of rotatable bonds is 8. The lowest BCUT2D eigenvalue weighted by molar-refractivity contribution is -0.139. The first-order chi connectivity index (χ1) is 9.02. The van der Waals surface area contributed by atoms with Crippen molar-refractivity contribution in [3.8, 4) is 0 Å². The number of amides is 3. The second-order valence-corrected chi connectivity index (χ2v) is 4.64. The number of carbonyl (C=O) groups excluding carboxylic acids is 2. The predicted molar refractivity (Wildman–Crippen MR) is 68.6 cm³/mol. The summed E-state index contributed by atoms with van der Waals surface area (Å²) in [7, 11) is 0. The molecule has 1 fully saturated rings. The standard InChI is InChI=1S/C12H21N3O4/c1-2-9(11(17)18)15-12(19)13-7-3-4-10(16)14-8-5-6-8/h8-9H,2-7H2,1H3,(H,14,16)(H,17,18)(H2,13,15,19)/t9-/m0/s1. The Labute approximate surface area is 112 Å². The first-order valence-electron chi connectivity index (χ1n) is 6.59. The van der Waals surface area contributed by atoms with E-state index >= 15 is 0 Å². The van der Waals surface area contributed by atoms with Gasteiger partial charge < -0.3 is 21.1 Å². The molecule has 3 amide bonds. The van der Waals surface area contributed by atoms with Gasteiger partial charge in [-0.15, -0.1) is 0 Å². The van der Waals surface area contributed by atoms with E-state index in [0.717, 1.165) is 12.8 Å². The number of aliphatic carboxylic acids is 1. The van der Waals surface area contributed by atoms with E-state index in [2.05, 4.69) is 16.0 Å². The molecule has 7 heteroatoms. The monoisotopic (exact) mass is 271 g/mol. The summed E-state index contributed by atoms with van der Waals surface area (Å²) in [5, 5.41) is 16.5. The molecule has 108 valence electrons. The highest BCUT2D eigenvalue weighted by atomic mass is 16.4. The maximum Gasteiger partial charge on any atom is 0.326 e. The zero-order chi connectivity index (χ0) is 14.3. The van der Waals surface area contributed by atoms with Gasteiger partial charge in [0.1, 0.15) is 6.04 Å². The first kappa shape index (κ1) is 15.3. The Hall–Kier alpha value is -1.79. The highest BCUT2D eigenvalue weighted by molar-refractivity contribution is 5.82. The molecule has 1 aliphatic carbocycles. The van der Waals surface area contributed by atoms with E-state index < -0.39 is 18.0 Å². The van der Waals surface area contributed by atoms with Crippen LogP contribution in [0, 0.1) is 0 Å². The third kappa shape index (κ3) is 6.64. The Morgan fingerprint density at radius 2 is 2.00 bits per heavy atom. The van der Waals surface area contributed by atoms with Gasteiger partial charge in [-0.3, -0.25) is 4.79 Å². The van der Waals surface area contributed by atoms with Crippen LogP contribution < -0.4 is 16.0 Å². The Balaban J connectivity index is 2.05. The van der Waals surface area contributed by atoms with Crippen molar-refractivity contribution in [3.63, 3.8) is 0 Å². The highest BCUT2D eigenvalue weighted by Gasteiger charge is 2.22. The fourth-order valence-corrected chi connectivity index (χ4v) is 1.53. The summed E-state index contributed by atoms with van der Waals surface area (Å²) >= 11 is 0. The van der Waals surface area contributed by atoms with E-state index in [4.69, 9.17) is 5.11 Å². The molecule has 0 bridgehead atoms. The summed E-state index contributed by atoms with van der Waals surface area (Å²) in [4.78, 5) is 33.4. The maximum atomic E-state index is 11.4. The number of hydrogen-bond acceptors (Lipinski definition) is 3. The molecule has 4 N–H and O–H groups in total. The minimum absolute atomic E-state index is 0.00155. The number of urea groups is 1. The van der Waals surface area contributed by atoms with Crippen LogP contribution in [0.5, 0.6) is 0 Å². The van der Waals surface area contributed by atoms with Gasteiger partial charge in [-0.1, -0.05) is 6.92 Å². The predicted octanol–water partition coefficient (Wildman–Crippen LogP) is 0.208. The van der Waals surface area contributed by atoms with E-state index in [1.54, 1.807) is 6.92 Å². The molecule has 1 rings (SSSR count). The zero-order valence-electron chi connectivity index (χ0n) is 11.1. The van der Waals surface area contributed by atoms with Crippen molar-refractivity contribution in [1.29, 1.82) is 0 Å². The molecular weight excluding hydrogens is 250 g/mol. The molecule has 1 aliphatic rings. The molecular formula is C12H21N3O4. The molecule has 0 saturated heterocycles. The third-order valence-corrected chi connectivity index (χ3v) is 2.82. The van der Waals surface area contributed by atoms with Crippen molar-refractivity contribution in [2.24, 2.45) is 0 Å². The SMILES string of the molecule is CC[C@H](NC(=O)NCCCC(=O)NC1CC1)C(=O)O. The van der Waals surface area contributed by atoms with Crippen molar-refractivity contribution in [2.45, 2.75) is 51.1 Å². The van der Waals surface area contributed by atoms with Gasteiger partial charge in [-0.25, -0.2) is 9.59 Å². The van der Waals surface area contributed by atoms with Crippen LogP contribution in [0.15, 0.2) is 0 Å². The molecule has 0 heterocycles. The fourth-order valence-electron chi connectivity index (χ4n) is 1.53. The number of carboxylic acids is 1. The van der Waals surface area contributed by atoms with E-state index in [-0.39, 0.29) is 5.91 Å². The van der Waals surface area contributed by atoms with Crippen molar-refractivity contribution in [2.75, 3.05) is 6.54 Å². The third-order valence-electron chi connectivity index (χ3n) is 2.82. The summed E-state index contributed by atoms with van der Waals surface area (Å²) in [6.07, 6.45) is 3.34. The average Bonchev–Trinajstić information content (AvgIpc) is 3.15.